The van der Waals surface area contributed by atoms with Gasteiger partial charge in [-0.15, -0.1) is 0 Å². The molecule has 3 N–H and O–H groups in total. The number of carbonyl (C=O) groups excluding carboxylic acids is 2. The van der Waals surface area contributed by atoms with Crippen molar-refractivity contribution in [2.45, 2.75) is 84.5 Å². The molecule has 12 nitrogen and oxygen atoms in total. The maximum atomic E-state index is 13.3. The van der Waals surface area contributed by atoms with Crippen molar-refractivity contribution < 1.29 is 18.8 Å². The third-order valence-corrected chi connectivity index (χ3v) is 14.1. The number of carbonyl (C=O) groups is 2. The number of rotatable bonds is 13. The number of hydrogen-bond acceptors (Lipinski definition) is 8. The van der Waals surface area contributed by atoms with Gasteiger partial charge in [0, 0.05) is 24.0 Å². The minimum Gasteiger partial charge on any atom is -0.437 e. The summed E-state index contributed by atoms with van der Waals surface area (Å²) in [6, 6.07) is 13.9. The van der Waals surface area contributed by atoms with E-state index < -0.39 is 14.3 Å². The third kappa shape index (κ3) is 11.0. The van der Waals surface area contributed by atoms with Crippen LogP contribution in [0.15, 0.2) is 54.9 Å². The first-order valence-electron chi connectivity index (χ1n) is 17.1. The van der Waals surface area contributed by atoms with Gasteiger partial charge in [-0.2, -0.15) is 5.10 Å². The van der Waals surface area contributed by atoms with Gasteiger partial charge < -0.3 is 24.7 Å². The van der Waals surface area contributed by atoms with Crippen molar-refractivity contribution in [2.75, 3.05) is 36.6 Å². The maximum absolute atomic E-state index is 13.3. The Hall–Kier alpha value is -4.01. The second-order valence-corrected chi connectivity index (χ2v) is 21.0. The van der Waals surface area contributed by atoms with Gasteiger partial charge in [0.2, 0.25) is 11.8 Å². The van der Waals surface area contributed by atoms with Crippen molar-refractivity contribution in [3.8, 4) is 17.3 Å². The lowest BCUT2D eigenvalue weighted by Crippen LogP contribution is -2.40. The molecule has 0 aliphatic rings. The fourth-order valence-electron chi connectivity index (χ4n) is 4.56. The number of aromatic nitrogens is 4. The number of hydrogen-bond donors (Lipinski definition) is 3. The van der Waals surface area contributed by atoms with Crippen LogP contribution in [0.1, 0.15) is 65.6 Å². The molecule has 3 amide bonds. The summed E-state index contributed by atoms with van der Waals surface area (Å²) in [6.07, 6.45) is 2.33. The van der Waals surface area contributed by atoms with Gasteiger partial charge in [-0.25, -0.2) is 19.4 Å². The highest BCUT2D eigenvalue weighted by Gasteiger charge is 2.37. The van der Waals surface area contributed by atoms with Crippen LogP contribution in [0.3, 0.4) is 0 Å². The Morgan fingerprint density at radius 3 is 2.23 bits per heavy atom. The van der Waals surface area contributed by atoms with Crippen LogP contribution in [0.25, 0.3) is 5.69 Å². The zero-order valence-corrected chi connectivity index (χ0v) is 34.2. The average molecular weight is 770 g/mol. The monoisotopic (exact) mass is 768 g/mol. The van der Waals surface area contributed by atoms with Crippen molar-refractivity contribution in [2.24, 2.45) is 0 Å². The van der Waals surface area contributed by atoms with E-state index in [1.165, 1.54) is 12.4 Å². The Morgan fingerprint density at radius 1 is 0.904 bits per heavy atom. The summed E-state index contributed by atoms with van der Waals surface area (Å²) in [4.78, 5) is 35.9. The molecule has 0 bridgehead atoms. The molecule has 2 heterocycles. The molecule has 4 rings (SSSR count). The van der Waals surface area contributed by atoms with Gasteiger partial charge in [-0.3, -0.25) is 10.1 Å². The highest BCUT2D eigenvalue weighted by atomic mass is 35.5. The number of nitrogens with zero attached hydrogens (tertiary/aromatic N) is 5. The Morgan fingerprint density at radius 2 is 1.60 bits per heavy atom. The van der Waals surface area contributed by atoms with E-state index in [1.807, 2.05) is 49.3 Å². The molecule has 0 radical (unpaired) electrons. The number of anilines is 3. The van der Waals surface area contributed by atoms with Gasteiger partial charge in [-0.1, -0.05) is 76.9 Å². The highest BCUT2D eigenvalue weighted by molar-refractivity contribution is 6.74. The zero-order chi connectivity index (χ0) is 38.4. The lowest BCUT2D eigenvalue weighted by Gasteiger charge is -2.36. The predicted octanol–water partition coefficient (Wildman–Crippen LogP) is 9.50. The van der Waals surface area contributed by atoms with E-state index in [0.717, 1.165) is 23.5 Å². The molecule has 0 aliphatic carbocycles. The summed E-state index contributed by atoms with van der Waals surface area (Å²) >= 11 is 13.2. The largest absolute Gasteiger partial charge is 0.437 e. The SMILES string of the molecule is CN(C)CCCC(=O)Nc1cc(Oc2ccc(NC(=O)Nc3cc(C(C)(C)C)nn3-c3ccc(CO[Si](C)(C)C(C)(C)C)cc3)c(Cl)c2Cl)ncn1. The molecule has 0 unspecified atom stereocenters. The second-order valence-electron chi connectivity index (χ2n) is 15.4. The van der Waals surface area contributed by atoms with Crippen LogP contribution in [-0.2, 0) is 21.2 Å². The average Bonchev–Trinajstić information content (AvgIpc) is 3.47. The van der Waals surface area contributed by atoms with Crippen LogP contribution < -0.4 is 20.7 Å². The quantitative estimate of drug-likeness (QED) is 0.115. The topological polar surface area (TPSA) is 136 Å². The first-order valence-corrected chi connectivity index (χ1v) is 20.7. The summed E-state index contributed by atoms with van der Waals surface area (Å²) in [7, 11) is 2.01. The number of nitrogens with one attached hydrogen (secondary N) is 3. The molecule has 0 atom stereocenters. The van der Waals surface area contributed by atoms with Crippen LogP contribution in [0.5, 0.6) is 11.6 Å². The number of amides is 3. The van der Waals surface area contributed by atoms with Gasteiger partial charge in [0.1, 0.15) is 28.7 Å². The van der Waals surface area contributed by atoms with Gasteiger partial charge >= 0.3 is 6.03 Å². The first-order chi connectivity index (χ1) is 24.2. The van der Waals surface area contributed by atoms with Crippen molar-refractivity contribution in [3.05, 3.63) is 76.2 Å². The number of benzene rings is 2. The minimum atomic E-state index is -1.90. The Balaban J connectivity index is 1.45. The van der Waals surface area contributed by atoms with E-state index in [0.29, 0.717) is 25.3 Å². The fraction of sp³-hybridized carbons (Fsp3) is 0.432. The van der Waals surface area contributed by atoms with E-state index in [2.05, 4.69) is 80.6 Å². The van der Waals surface area contributed by atoms with E-state index in [-0.39, 0.29) is 49.5 Å². The Kier molecular flexibility index (Phi) is 13.1. The normalized spacial score (nSPS) is 12.2. The van der Waals surface area contributed by atoms with E-state index in [9.17, 15) is 9.59 Å². The van der Waals surface area contributed by atoms with Crippen LogP contribution >= 0.6 is 23.2 Å². The summed E-state index contributed by atoms with van der Waals surface area (Å²) in [5, 5.41) is 13.5. The van der Waals surface area contributed by atoms with Crippen LogP contribution in [0.4, 0.5) is 22.1 Å². The first kappa shape index (κ1) is 40.8. The molecule has 52 heavy (non-hydrogen) atoms. The molecular formula is C37H50Cl2N8O4Si. The summed E-state index contributed by atoms with van der Waals surface area (Å²) in [5.41, 5.74) is 2.62. The van der Waals surface area contributed by atoms with Crippen LogP contribution in [0.2, 0.25) is 28.2 Å². The number of halogens is 2. The van der Waals surface area contributed by atoms with Gasteiger partial charge in [0.25, 0.3) is 0 Å². The van der Waals surface area contributed by atoms with Crippen molar-refractivity contribution in [1.82, 2.24) is 24.6 Å². The van der Waals surface area contributed by atoms with E-state index in [1.54, 1.807) is 16.8 Å². The number of urea groups is 1. The standard InChI is InChI=1S/C37H50Cl2N8O4Si/c1-36(2,3)28-20-30(47(45-28)25-15-13-24(14-16-25)22-50-52(9,10)37(4,5)6)44-35(49)42-26-17-18-27(34(39)33(26)38)51-32-21-29(40-23-41-32)43-31(48)12-11-19-46(7)8/h13-18,20-21,23H,11-12,19,22H2,1-10H3,(H2,42,44,49)(H,40,41,43,48). The molecular weight excluding hydrogens is 719 g/mol. The minimum absolute atomic E-state index is 0.0602. The van der Waals surface area contributed by atoms with Gasteiger partial charge in [0.15, 0.2) is 8.32 Å². The zero-order valence-electron chi connectivity index (χ0n) is 31.6. The fourth-order valence-corrected chi connectivity index (χ4v) is 5.93. The summed E-state index contributed by atoms with van der Waals surface area (Å²) in [5.74, 6) is 0.941. The third-order valence-electron chi connectivity index (χ3n) is 8.73. The maximum Gasteiger partial charge on any atom is 0.324 e. The summed E-state index contributed by atoms with van der Waals surface area (Å²) in [6.45, 7) is 18.6. The van der Waals surface area contributed by atoms with E-state index >= 15 is 0 Å². The second kappa shape index (κ2) is 16.8. The smallest absolute Gasteiger partial charge is 0.324 e. The molecule has 0 saturated heterocycles. The highest BCUT2D eigenvalue weighted by Crippen LogP contribution is 2.40. The molecule has 0 aliphatic heterocycles. The van der Waals surface area contributed by atoms with E-state index in [4.69, 9.17) is 37.5 Å². The lowest BCUT2D eigenvalue weighted by atomic mass is 9.92. The van der Waals surface area contributed by atoms with Gasteiger partial charge in [-0.05, 0) is 75.0 Å². The number of ether oxygens (including phenoxy) is 1. The molecule has 2 aromatic heterocycles. The van der Waals surface area contributed by atoms with Crippen molar-refractivity contribution >= 4 is 60.8 Å². The molecule has 2 aromatic carbocycles. The molecule has 280 valence electrons. The van der Waals surface area contributed by atoms with Crippen LogP contribution in [-0.4, -0.2) is 65.5 Å². The van der Waals surface area contributed by atoms with Crippen LogP contribution in [0, 0.1) is 0 Å². The predicted molar refractivity (Wildman–Crippen MR) is 212 cm³/mol. The van der Waals surface area contributed by atoms with Gasteiger partial charge in [0.05, 0.1) is 28.7 Å². The molecule has 15 heteroatoms. The molecule has 0 spiro atoms. The molecule has 4 aromatic rings. The lowest BCUT2D eigenvalue weighted by molar-refractivity contribution is -0.116. The summed E-state index contributed by atoms with van der Waals surface area (Å²) < 4.78 is 14.0. The van der Waals surface area contributed by atoms with Crippen molar-refractivity contribution in [1.29, 1.82) is 0 Å². The van der Waals surface area contributed by atoms with Crippen molar-refractivity contribution in [3.63, 3.8) is 0 Å². The molecule has 0 saturated carbocycles. The Bertz CT molecular complexity index is 1870. The Labute approximate surface area is 317 Å². The molecule has 0 fully saturated rings.